The minimum Gasteiger partial charge on any atom is -0.768 e. The maximum atomic E-state index is 11.1. The fraction of sp³-hybridized carbons (Fsp3) is 0.440. The SMILES string of the molecule is CC1(C)CCC(CN2CCN(c3ccc(S(=O)[O-])cc3)CC2)=C(c2ccc(Cl)cc2)C1. The van der Waals surface area contributed by atoms with Gasteiger partial charge in [0.1, 0.15) is 0 Å². The number of halogens is 1. The Morgan fingerprint density at radius 2 is 1.65 bits per heavy atom. The van der Waals surface area contributed by atoms with Gasteiger partial charge in [-0.3, -0.25) is 9.11 Å². The Bertz CT molecular complexity index is 962. The first-order valence-corrected chi connectivity index (χ1v) is 12.4. The zero-order valence-electron chi connectivity index (χ0n) is 18.3. The molecule has 4 rings (SSSR count). The number of hydrogen-bond acceptors (Lipinski definition) is 4. The molecule has 1 saturated heterocycles. The molecule has 0 radical (unpaired) electrons. The molecular formula is C25H30ClN2O2S-. The number of benzene rings is 2. The van der Waals surface area contributed by atoms with Gasteiger partial charge >= 0.3 is 0 Å². The molecule has 0 amide bonds. The van der Waals surface area contributed by atoms with Crippen molar-refractivity contribution in [2.75, 3.05) is 37.6 Å². The number of piperazine rings is 1. The molecule has 6 heteroatoms. The molecule has 1 aliphatic carbocycles. The molecule has 4 nitrogen and oxygen atoms in total. The van der Waals surface area contributed by atoms with Gasteiger partial charge in [-0.05, 0) is 83.3 Å². The molecule has 0 saturated carbocycles. The van der Waals surface area contributed by atoms with E-state index in [1.54, 1.807) is 17.7 Å². The zero-order chi connectivity index (χ0) is 22.0. The monoisotopic (exact) mass is 457 g/mol. The van der Waals surface area contributed by atoms with Gasteiger partial charge in [0.05, 0.1) is 0 Å². The summed E-state index contributed by atoms with van der Waals surface area (Å²) >= 11 is 3.96. The highest BCUT2D eigenvalue weighted by atomic mass is 35.5. The van der Waals surface area contributed by atoms with Crippen LogP contribution in [0.2, 0.25) is 5.02 Å². The molecule has 2 aliphatic rings. The lowest BCUT2D eigenvalue weighted by molar-refractivity contribution is 0.264. The van der Waals surface area contributed by atoms with E-state index in [9.17, 15) is 8.76 Å². The summed E-state index contributed by atoms with van der Waals surface area (Å²) in [5, 5.41) is 0.784. The summed E-state index contributed by atoms with van der Waals surface area (Å²) in [4.78, 5) is 5.23. The van der Waals surface area contributed by atoms with Gasteiger partial charge in [-0.1, -0.05) is 43.2 Å². The lowest BCUT2D eigenvalue weighted by Crippen LogP contribution is -2.47. The molecule has 1 aliphatic heterocycles. The molecule has 166 valence electrons. The smallest absolute Gasteiger partial charge is 0.0406 e. The Balaban J connectivity index is 1.44. The topological polar surface area (TPSA) is 46.6 Å². The van der Waals surface area contributed by atoms with Crippen LogP contribution in [-0.4, -0.2) is 46.4 Å². The van der Waals surface area contributed by atoms with Gasteiger partial charge in [0.15, 0.2) is 0 Å². The zero-order valence-corrected chi connectivity index (χ0v) is 19.8. The molecule has 1 unspecified atom stereocenters. The molecule has 31 heavy (non-hydrogen) atoms. The Morgan fingerprint density at radius 3 is 2.26 bits per heavy atom. The highest BCUT2D eigenvalue weighted by Gasteiger charge is 2.29. The van der Waals surface area contributed by atoms with Crippen molar-refractivity contribution in [1.29, 1.82) is 0 Å². The molecule has 0 N–H and O–H groups in total. The van der Waals surface area contributed by atoms with Crippen LogP contribution in [0.3, 0.4) is 0 Å². The lowest BCUT2D eigenvalue weighted by Gasteiger charge is -2.39. The highest BCUT2D eigenvalue weighted by Crippen LogP contribution is 2.43. The molecule has 0 spiro atoms. The van der Waals surface area contributed by atoms with Crippen molar-refractivity contribution in [2.24, 2.45) is 5.41 Å². The highest BCUT2D eigenvalue weighted by molar-refractivity contribution is 7.79. The fourth-order valence-electron chi connectivity index (χ4n) is 4.67. The second-order valence-electron chi connectivity index (χ2n) is 9.42. The molecule has 0 aromatic heterocycles. The van der Waals surface area contributed by atoms with Gasteiger partial charge in [-0.2, -0.15) is 0 Å². The molecule has 1 heterocycles. The minimum absolute atomic E-state index is 0.330. The third-order valence-corrected chi connectivity index (χ3v) is 7.47. The Morgan fingerprint density at radius 1 is 1.00 bits per heavy atom. The first-order chi connectivity index (χ1) is 14.8. The number of anilines is 1. The Kier molecular flexibility index (Phi) is 6.87. The second-order valence-corrected chi connectivity index (χ2v) is 10.8. The van der Waals surface area contributed by atoms with E-state index >= 15 is 0 Å². The predicted octanol–water partition coefficient (Wildman–Crippen LogP) is 5.36. The van der Waals surface area contributed by atoms with E-state index in [0.717, 1.165) is 56.3 Å². The van der Waals surface area contributed by atoms with Crippen molar-refractivity contribution in [3.63, 3.8) is 0 Å². The van der Waals surface area contributed by atoms with Gasteiger partial charge in [-0.25, -0.2) is 0 Å². The summed E-state index contributed by atoms with van der Waals surface area (Å²) in [6, 6.07) is 15.5. The first kappa shape index (κ1) is 22.5. The van der Waals surface area contributed by atoms with Crippen molar-refractivity contribution < 1.29 is 8.76 Å². The second kappa shape index (κ2) is 9.45. The maximum absolute atomic E-state index is 11.1. The van der Waals surface area contributed by atoms with Crippen LogP contribution >= 0.6 is 11.6 Å². The third-order valence-electron chi connectivity index (χ3n) is 6.56. The van der Waals surface area contributed by atoms with E-state index in [0.29, 0.717) is 10.3 Å². The van der Waals surface area contributed by atoms with Crippen LogP contribution in [0.1, 0.15) is 38.7 Å². The normalized spacial score (nSPS) is 20.7. The van der Waals surface area contributed by atoms with Crippen LogP contribution in [0.25, 0.3) is 5.57 Å². The molecule has 1 fully saturated rings. The van der Waals surface area contributed by atoms with Crippen molar-refractivity contribution >= 4 is 33.9 Å². The summed E-state index contributed by atoms with van der Waals surface area (Å²) in [5.74, 6) is 0. The number of allylic oxidation sites excluding steroid dienone is 1. The van der Waals surface area contributed by atoms with Crippen LogP contribution in [0.5, 0.6) is 0 Å². The number of rotatable bonds is 5. The van der Waals surface area contributed by atoms with Crippen LogP contribution in [-0.2, 0) is 11.1 Å². The minimum atomic E-state index is -2.17. The third kappa shape index (κ3) is 5.58. The quantitative estimate of drug-likeness (QED) is 0.566. The fourth-order valence-corrected chi connectivity index (χ4v) is 5.15. The predicted molar refractivity (Wildman–Crippen MR) is 128 cm³/mol. The number of nitrogens with zero attached hydrogens (tertiary/aromatic N) is 2. The van der Waals surface area contributed by atoms with Gasteiger partial charge < -0.3 is 9.45 Å². The average Bonchev–Trinajstić information content (AvgIpc) is 2.76. The van der Waals surface area contributed by atoms with E-state index in [-0.39, 0.29) is 0 Å². The van der Waals surface area contributed by atoms with E-state index in [1.165, 1.54) is 17.6 Å². The van der Waals surface area contributed by atoms with Crippen LogP contribution in [0.4, 0.5) is 5.69 Å². The van der Waals surface area contributed by atoms with E-state index in [2.05, 4.69) is 35.8 Å². The average molecular weight is 458 g/mol. The summed E-state index contributed by atoms with van der Waals surface area (Å²) in [7, 11) is 0. The van der Waals surface area contributed by atoms with E-state index in [1.807, 2.05) is 24.3 Å². The van der Waals surface area contributed by atoms with Crippen LogP contribution in [0.15, 0.2) is 59.0 Å². The molecule has 2 aromatic rings. The summed E-state index contributed by atoms with van der Waals surface area (Å²) in [6.07, 6.45) is 3.49. The van der Waals surface area contributed by atoms with Crippen molar-refractivity contribution in [3.8, 4) is 0 Å². The van der Waals surface area contributed by atoms with Crippen LogP contribution in [0, 0.1) is 5.41 Å². The molecular weight excluding hydrogens is 428 g/mol. The summed E-state index contributed by atoms with van der Waals surface area (Å²) < 4.78 is 22.2. The van der Waals surface area contributed by atoms with Crippen molar-refractivity contribution in [1.82, 2.24) is 4.90 Å². The lowest BCUT2D eigenvalue weighted by atomic mass is 9.72. The van der Waals surface area contributed by atoms with E-state index in [4.69, 9.17) is 11.6 Å². The van der Waals surface area contributed by atoms with Crippen molar-refractivity contribution in [3.05, 3.63) is 64.7 Å². The summed E-state index contributed by atoms with van der Waals surface area (Å²) in [5.41, 5.74) is 5.79. The Hall–Kier alpha value is -1.66. The Labute approximate surface area is 193 Å². The first-order valence-electron chi connectivity index (χ1n) is 10.9. The van der Waals surface area contributed by atoms with Crippen LogP contribution < -0.4 is 4.90 Å². The molecule has 0 bridgehead atoms. The van der Waals surface area contributed by atoms with E-state index < -0.39 is 11.1 Å². The standard InChI is InChI=1S/C25H31ClN2O2S/c1-25(2)12-11-20(24(17-25)19-3-5-21(26)6-4-19)18-27-13-15-28(16-14-27)22-7-9-23(10-8-22)31(29)30/h3-10H,11-18H2,1-2H3,(H,29,30)/p-1. The summed E-state index contributed by atoms with van der Waals surface area (Å²) in [6.45, 7) is 9.68. The van der Waals surface area contributed by atoms with Gasteiger partial charge in [0.2, 0.25) is 0 Å². The van der Waals surface area contributed by atoms with Crippen molar-refractivity contribution in [2.45, 2.75) is 38.0 Å². The van der Waals surface area contributed by atoms with Gasteiger partial charge in [0, 0.05) is 48.3 Å². The largest absolute Gasteiger partial charge is 0.768 e. The van der Waals surface area contributed by atoms with Gasteiger partial charge in [-0.15, -0.1) is 0 Å². The van der Waals surface area contributed by atoms with Gasteiger partial charge in [0.25, 0.3) is 0 Å². The maximum Gasteiger partial charge on any atom is 0.0406 e. The molecule has 2 aromatic carbocycles. The molecule has 1 atom stereocenters. The number of hydrogen-bond donors (Lipinski definition) is 0.